The molecule has 0 bridgehead atoms. The van der Waals surface area contributed by atoms with E-state index in [1.54, 1.807) is 4.90 Å². The molecule has 0 atom stereocenters. The minimum atomic E-state index is 0. The van der Waals surface area contributed by atoms with Gasteiger partial charge in [0.15, 0.2) is 0 Å². The van der Waals surface area contributed by atoms with Crippen LogP contribution in [0.25, 0.3) is 0 Å². The molecule has 0 unspecified atom stereocenters. The number of aryl methyl sites for hydroxylation is 1. The lowest BCUT2D eigenvalue weighted by Gasteiger charge is -2.06. The van der Waals surface area contributed by atoms with Gasteiger partial charge in [0.1, 0.15) is 0 Å². The van der Waals surface area contributed by atoms with Crippen LogP contribution in [0.1, 0.15) is 89.0 Å². The van der Waals surface area contributed by atoms with Crippen LogP contribution in [-0.2, 0) is 6.42 Å². The van der Waals surface area contributed by atoms with E-state index in [9.17, 15) is 0 Å². The third kappa shape index (κ3) is 16.3. The minimum absolute atomic E-state index is 0. The van der Waals surface area contributed by atoms with Crippen molar-refractivity contribution in [3.05, 3.63) is 35.9 Å². The maximum atomic E-state index is 2.25. The third-order valence-electron chi connectivity index (χ3n) is 4.99. The predicted octanol–water partition coefficient (Wildman–Crippen LogP) is 2.45. The van der Waals surface area contributed by atoms with Crippen LogP contribution in [0.3, 0.4) is 0 Å². The first-order valence-corrected chi connectivity index (χ1v) is 10.6. The van der Waals surface area contributed by atoms with Crippen LogP contribution < -0.4 is 9.60 Å². The molecule has 25 heavy (non-hydrogen) atoms. The van der Waals surface area contributed by atoms with Gasteiger partial charge in [-0.15, -0.1) is 0 Å². The Balaban J connectivity index is 0.00000576. The molecule has 0 heterocycles. The highest BCUT2D eigenvalue weighted by Gasteiger charge is 1.96. The van der Waals surface area contributed by atoms with Crippen LogP contribution in [0.5, 0.6) is 0 Å². The monoisotopic (exact) mass is 351 g/mol. The smallest absolute Gasteiger partial charge is 0.0766 e. The van der Waals surface area contributed by atoms with E-state index in [-0.39, 0.29) is 4.70 Å². The quantitative estimate of drug-likeness (QED) is 0.436. The summed E-state index contributed by atoms with van der Waals surface area (Å²) < 4.78 is 0. The zero-order chi connectivity index (χ0) is 17.3. The van der Waals surface area contributed by atoms with Gasteiger partial charge in [0, 0.05) is 0 Å². The second kappa shape index (κ2) is 17.9. The number of nitrogens with one attached hydrogen (secondary N) is 1. The van der Waals surface area contributed by atoms with E-state index in [1.807, 2.05) is 0 Å². The van der Waals surface area contributed by atoms with Crippen molar-refractivity contribution in [1.29, 1.82) is 0 Å². The van der Waals surface area contributed by atoms with Crippen LogP contribution in [0.2, 0.25) is 0 Å². The molecule has 0 aliphatic rings. The number of hydrogen-bond acceptors (Lipinski definition) is 0. The zero-order valence-electron chi connectivity index (χ0n) is 16.9. The summed E-state index contributed by atoms with van der Waals surface area (Å²) in [6.07, 6.45) is 20.0. The Kier molecular flexibility index (Phi) is 17.3. The predicted molar refractivity (Wildman–Crippen MR) is 108 cm³/mol. The van der Waals surface area contributed by atoms with E-state index < -0.39 is 0 Å². The van der Waals surface area contributed by atoms with Gasteiger partial charge in [-0.1, -0.05) is 94.5 Å². The first kappa shape index (κ1) is 24.1. The Hall–Kier alpha value is -0.890. The lowest BCUT2D eigenvalue weighted by Crippen LogP contribution is -3.05. The van der Waals surface area contributed by atoms with Gasteiger partial charge in [0.25, 0.3) is 0 Å². The lowest BCUT2D eigenvalue weighted by molar-refractivity contribution is -0.858. The molecule has 0 saturated carbocycles. The van der Waals surface area contributed by atoms with Gasteiger partial charge in [0.2, 0.25) is 0 Å². The molecule has 0 saturated heterocycles. The van der Waals surface area contributed by atoms with Crippen LogP contribution in [0, 0.1) is 0 Å². The Labute approximate surface area is 156 Å². The van der Waals surface area contributed by atoms with E-state index in [2.05, 4.69) is 44.4 Å². The topological polar surface area (TPSA) is 4.44 Å². The van der Waals surface area contributed by atoms with Crippen molar-refractivity contribution in [2.75, 3.05) is 20.6 Å². The highest BCUT2D eigenvalue weighted by atomic mass is 19.0. The van der Waals surface area contributed by atoms with Crippen LogP contribution in [-0.4, -0.2) is 20.6 Å². The van der Waals surface area contributed by atoms with E-state index >= 15 is 0 Å². The molecule has 0 amide bonds. The van der Waals surface area contributed by atoms with Gasteiger partial charge < -0.3 is 9.60 Å². The Morgan fingerprint density at radius 2 is 0.960 bits per heavy atom. The number of rotatable bonds is 16. The Morgan fingerprint density at radius 1 is 0.560 bits per heavy atom. The highest BCUT2D eigenvalue weighted by molar-refractivity contribution is 5.14. The number of benzene rings is 1. The van der Waals surface area contributed by atoms with E-state index in [0.717, 1.165) is 0 Å². The second-order valence-corrected chi connectivity index (χ2v) is 7.79. The number of unbranched alkanes of at least 4 members (excludes halogenated alkanes) is 12. The number of hydrogen-bond donors (Lipinski definition) is 1. The Bertz CT molecular complexity index is 364. The van der Waals surface area contributed by atoms with Crippen molar-refractivity contribution in [3.63, 3.8) is 0 Å². The summed E-state index contributed by atoms with van der Waals surface area (Å²) in [5.41, 5.74) is 1.50. The molecular weight excluding hydrogens is 309 g/mol. The molecule has 1 nitrogen and oxygen atoms in total. The van der Waals surface area contributed by atoms with E-state index in [0.29, 0.717) is 0 Å². The average molecular weight is 352 g/mol. The van der Waals surface area contributed by atoms with Gasteiger partial charge in [-0.25, -0.2) is 0 Å². The van der Waals surface area contributed by atoms with Crippen LogP contribution in [0.15, 0.2) is 30.3 Å². The molecule has 146 valence electrons. The number of quaternary nitrogens is 1. The summed E-state index contributed by atoms with van der Waals surface area (Å²) in [6.45, 7) is 1.34. The van der Waals surface area contributed by atoms with Gasteiger partial charge in [-0.3, -0.25) is 0 Å². The van der Waals surface area contributed by atoms with Gasteiger partial charge in [-0.05, 0) is 31.2 Å². The molecule has 1 rings (SSSR count). The molecular formula is C23H42FN. The maximum absolute atomic E-state index is 2.25. The molecule has 2 heteroatoms. The third-order valence-corrected chi connectivity index (χ3v) is 4.99. The van der Waals surface area contributed by atoms with Crippen molar-refractivity contribution >= 4 is 0 Å². The summed E-state index contributed by atoms with van der Waals surface area (Å²) in [5, 5.41) is 0. The second-order valence-electron chi connectivity index (χ2n) is 7.79. The van der Waals surface area contributed by atoms with Gasteiger partial charge in [0.05, 0.1) is 20.6 Å². The lowest BCUT2D eigenvalue weighted by atomic mass is 10.0. The highest BCUT2D eigenvalue weighted by Crippen LogP contribution is 2.13. The summed E-state index contributed by atoms with van der Waals surface area (Å²) in [7, 11) is 4.51. The molecule has 1 aromatic rings. The summed E-state index contributed by atoms with van der Waals surface area (Å²) >= 11 is 0. The molecule has 1 aromatic carbocycles. The largest absolute Gasteiger partial charge is 1.00 e. The van der Waals surface area contributed by atoms with E-state index in [1.165, 1.54) is 102 Å². The number of halogens is 1. The Morgan fingerprint density at radius 3 is 1.40 bits per heavy atom. The van der Waals surface area contributed by atoms with Crippen LogP contribution in [0.4, 0.5) is 0 Å². The minimum Gasteiger partial charge on any atom is -1.00 e. The molecule has 0 spiro atoms. The molecule has 0 fully saturated rings. The van der Waals surface area contributed by atoms with Crippen molar-refractivity contribution < 1.29 is 9.60 Å². The van der Waals surface area contributed by atoms with Crippen molar-refractivity contribution in [1.82, 2.24) is 0 Å². The fraction of sp³-hybridized carbons (Fsp3) is 0.739. The summed E-state index contributed by atoms with van der Waals surface area (Å²) in [6, 6.07) is 10.9. The molecule has 0 radical (unpaired) electrons. The fourth-order valence-corrected chi connectivity index (χ4v) is 3.40. The normalized spacial score (nSPS) is 10.8. The van der Waals surface area contributed by atoms with Crippen molar-refractivity contribution in [2.45, 2.75) is 89.9 Å². The van der Waals surface area contributed by atoms with Gasteiger partial charge in [-0.2, -0.15) is 0 Å². The average Bonchev–Trinajstić information content (AvgIpc) is 2.59. The molecule has 0 aromatic heterocycles. The van der Waals surface area contributed by atoms with Crippen molar-refractivity contribution in [3.8, 4) is 0 Å². The first-order valence-electron chi connectivity index (χ1n) is 10.6. The molecule has 0 aliphatic heterocycles. The standard InChI is InChI=1S/C23H41N.FH/c1-24(2)22-18-13-11-9-7-5-3-4-6-8-10-12-15-19-23-20-16-14-17-21-23;/h14,16-17,20-21H,3-13,15,18-19,22H2,1-2H3;1H. The maximum Gasteiger partial charge on any atom is 0.0766 e. The fourth-order valence-electron chi connectivity index (χ4n) is 3.40. The zero-order valence-corrected chi connectivity index (χ0v) is 16.9. The van der Waals surface area contributed by atoms with E-state index in [4.69, 9.17) is 0 Å². The summed E-state index contributed by atoms with van der Waals surface area (Å²) in [4.78, 5) is 1.59. The molecule has 0 aliphatic carbocycles. The van der Waals surface area contributed by atoms with Gasteiger partial charge >= 0.3 is 0 Å². The van der Waals surface area contributed by atoms with Crippen LogP contribution >= 0.6 is 0 Å². The van der Waals surface area contributed by atoms with Crippen molar-refractivity contribution in [2.24, 2.45) is 0 Å². The summed E-state index contributed by atoms with van der Waals surface area (Å²) in [5.74, 6) is 0. The molecule has 1 N–H and O–H groups in total. The first-order chi connectivity index (χ1) is 11.8. The SMILES string of the molecule is C[NH+](C)CCCCCCCCCCCCCCCc1ccccc1.[F-].